The van der Waals surface area contributed by atoms with Crippen molar-refractivity contribution in [2.45, 2.75) is 44.6 Å². The first kappa shape index (κ1) is 20.4. The molecule has 0 aromatic carbocycles. The summed E-state index contributed by atoms with van der Waals surface area (Å²) in [5.74, 6) is 0.00645. The van der Waals surface area contributed by atoms with E-state index in [9.17, 15) is 13.6 Å². The number of thiophene rings is 1. The maximum Gasteiger partial charge on any atom is 0.348 e. The molecular weight excluding hydrogens is 384 g/mol. The summed E-state index contributed by atoms with van der Waals surface area (Å²) in [6, 6.07) is 1.50. The molecule has 9 heteroatoms. The molecule has 2 atom stereocenters. The van der Waals surface area contributed by atoms with Gasteiger partial charge in [-0.2, -0.15) is 0 Å². The van der Waals surface area contributed by atoms with E-state index in [0.717, 1.165) is 37.0 Å². The second kappa shape index (κ2) is 8.62. The molecule has 1 aromatic rings. The van der Waals surface area contributed by atoms with Gasteiger partial charge in [-0.15, -0.1) is 11.3 Å². The van der Waals surface area contributed by atoms with E-state index in [1.165, 1.54) is 19.6 Å². The van der Waals surface area contributed by atoms with Gasteiger partial charge in [-0.25, -0.2) is 9.00 Å². The standard InChI is InChI=1S/C16H23ClN2O4S2/c1-16(9-25(21)22,19-14(18)10-6-4-3-5-7-10)13-11(17)8-12(24-13)15(20)23-2/h8,10H,3-7,9H2,1-2H3,(H2,18,19)(H,21,22). The quantitative estimate of drug-likeness (QED) is 0.325. The van der Waals surface area contributed by atoms with Crippen LogP contribution in [0.2, 0.25) is 5.02 Å². The van der Waals surface area contributed by atoms with Crippen LogP contribution < -0.4 is 5.73 Å². The zero-order chi connectivity index (χ0) is 18.6. The number of aliphatic imine (C=N–C) groups is 1. The smallest absolute Gasteiger partial charge is 0.348 e. The molecule has 1 aliphatic rings. The van der Waals surface area contributed by atoms with Gasteiger partial charge in [0.2, 0.25) is 0 Å². The van der Waals surface area contributed by atoms with Crippen molar-refractivity contribution in [3.63, 3.8) is 0 Å². The Morgan fingerprint density at radius 1 is 1.52 bits per heavy atom. The first-order valence-corrected chi connectivity index (χ1v) is 10.5. The van der Waals surface area contributed by atoms with E-state index >= 15 is 0 Å². The van der Waals surface area contributed by atoms with Crippen molar-refractivity contribution in [2.75, 3.05) is 12.9 Å². The van der Waals surface area contributed by atoms with Gasteiger partial charge < -0.3 is 15.0 Å². The van der Waals surface area contributed by atoms with E-state index < -0.39 is 22.6 Å². The van der Waals surface area contributed by atoms with Gasteiger partial charge in [0.15, 0.2) is 11.1 Å². The van der Waals surface area contributed by atoms with E-state index in [4.69, 9.17) is 22.1 Å². The summed E-state index contributed by atoms with van der Waals surface area (Å²) in [4.78, 5) is 17.2. The number of halogens is 1. The number of nitrogens with two attached hydrogens (primary N) is 1. The second-order valence-electron chi connectivity index (χ2n) is 6.39. The fraction of sp³-hybridized carbons (Fsp3) is 0.625. The van der Waals surface area contributed by atoms with Gasteiger partial charge in [-0.3, -0.25) is 4.99 Å². The molecule has 2 rings (SSSR count). The first-order valence-electron chi connectivity index (χ1n) is 8.07. The molecule has 2 unspecified atom stereocenters. The largest absolute Gasteiger partial charge is 0.465 e. The summed E-state index contributed by atoms with van der Waals surface area (Å²) < 4.78 is 25.7. The van der Waals surface area contributed by atoms with Crippen LogP contribution in [0.25, 0.3) is 0 Å². The SMILES string of the molecule is COC(=O)c1cc(Cl)c(C(C)(CS(=O)O)N=C(N)C2CCCCC2)s1. The minimum absolute atomic E-state index is 0.152. The molecule has 1 aromatic heterocycles. The van der Waals surface area contributed by atoms with Gasteiger partial charge in [0.25, 0.3) is 0 Å². The molecule has 25 heavy (non-hydrogen) atoms. The number of amidine groups is 1. The highest BCUT2D eigenvalue weighted by molar-refractivity contribution is 7.79. The molecule has 0 spiro atoms. The van der Waals surface area contributed by atoms with Crippen LogP contribution in [-0.4, -0.2) is 33.4 Å². The lowest BCUT2D eigenvalue weighted by atomic mass is 9.88. The molecule has 0 amide bonds. The van der Waals surface area contributed by atoms with Gasteiger partial charge in [-0.05, 0) is 25.8 Å². The van der Waals surface area contributed by atoms with Crippen molar-refractivity contribution in [1.82, 2.24) is 0 Å². The second-order valence-corrected chi connectivity index (χ2v) is 8.78. The number of hydrogen-bond donors (Lipinski definition) is 2. The summed E-state index contributed by atoms with van der Waals surface area (Å²) in [6.45, 7) is 1.72. The minimum atomic E-state index is -2.10. The van der Waals surface area contributed by atoms with Crippen molar-refractivity contribution < 1.29 is 18.3 Å². The van der Waals surface area contributed by atoms with Gasteiger partial charge in [0, 0.05) is 5.92 Å². The van der Waals surface area contributed by atoms with Crippen LogP contribution in [0.15, 0.2) is 11.1 Å². The minimum Gasteiger partial charge on any atom is -0.465 e. The third-order valence-corrected chi connectivity index (χ3v) is 6.95. The monoisotopic (exact) mass is 406 g/mol. The number of rotatable bonds is 6. The van der Waals surface area contributed by atoms with Crippen LogP contribution in [0.1, 0.15) is 53.6 Å². The molecule has 6 nitrogen and oxygen atoms in total. The van der Waals surface area contributed by atoms with Crippen molar-refractivity contribution >= 4 is 45.8 Å². The normalized spacial score (nSPS) is 20.1. The average molecular weight is 407 g/mol. The number of carbonyl (C=O) groups is 1. The topological polar surface area (TPSA) is 102 Å². The molecule has 140 valence electrons. The Hall–Kier alpha value is -0.960. The molecule has 3 N–H and O–H groups in total. The highest BCUT2D eigenvalue weighted by Crippen LogP contribution is 2.40. The number of nitrogens with zero attached hydrogens (tertiary/aromatic N) is 1. The van der Waals surface area contributed by atoms with Crippen molar-refractivity contribution in [2.24, 2.45) is 16.6 Å². The lowest BCUT2D eigenvalue weighted by molar-refractivity contribution is 0.0606. The van der Waals surface area contributed by atoms with Crippen molar-refractivity contribution in [1.29, 1.82) is 0 Å². The molecule has 0 bridgehead atoms. The van der Waals surface area contributed by atoms with E-state index in [-0.39, 0.29) is 11.7 Å². The zero-order valence-corrected chi connectivity index (χ0v) is 16.7. The summed E-state index contributed by atoms with van der Waals surface area (Å²) in [5, 5.41) is 0.318. The van der Waals surface area contributed by atoms with Gasteiger partial charge in [0.05, 0.1) is 28.6 Å². The molecule has 1 heterocycles. The van der Waals surface area contributed by atoms with Crippen LogP contribution in [0.4, 0.5) is 0 Å². The Labute approximate surface area is 159 Å². The highest BCUT2D eigenvalue weighted by Gasteiger charge is 2.35. The molecule has 0 aliphatic heterocycles. The van der Waals surface area contributed by atoms with E-state index in [1.54, 1.807) is 6.92 Å². The number of methoxy groups -OCH3 is 1. The van der Waals surface area contributed by atoms with Crippen LogP contribution in [0.5, 0.6) is 0 Å². The summed E-state index contributed by atoms with van der Waals surface area (Å²) in [6.07, 6.45) is 5.35. The summed E-state index contributed by atoms with van der Waals surface area (Å²) in [5.41, 5.74) is 5.16. The van der Waals surface area contributed by atoms with E-state index in [2.05, 4.69) is 4.99 Å². The third-order valence-electron chi connectivity index (χ3n) is 4.37. The molecule has 1 aliphatic carbocycles. The fourth-order valence-electron chi connectivity index (χ4n) is 3.10. The maximum atomic E-state index is 11.8. The summed E-state index contributed by atoms with van der Waals surface area (Å²) in [7, 11) is 1.29. The predicted molar refractivity (Wildman–Crippen MR) is 102 cm³/mol. The Balaban J connectivity index is 2.41. The van der Waals surface area contributed by atoms with Crippen LogP contribution in [0, 0.1) is 5.92 Å². The molecule has 0 radical (unpaired) electrons. The number of carbonyl (C=O) groups excluding carboxylic acids is 1. The summed E-state index contributed by atoms with van der Waals surface area (Å²) >= 11 is 5.31. The Bertz CT molecular complexity index is 686. The van der Waals surface area contributed by atoms with Crippen molar-refractivity contribution in [3.05, 3.63) is 20.8 Å². The van der Waals surface area contributed by atoms with Crippen LogP contribution >= 0.6 is 22.9 Å². The van der Waals surface area contributed by atoms with E-state index in [0.29, 0.717) is 20.6 Å². The lowest BCUT2D eigenvalue weighted by Crippen LogP contribution is -2.33. The molecule has 1 saturated carbocycles. The number of ether oxygens (including phenoxy) is 1. The molecule has 0 saturated heterocycles. The van der Waals surface area contributed by atoms with Gasteiger partial charge in [0.1, 0.15) is 10.4 Å². The average Bonchev–Trinajstić information content (AvgIpc) is 2.96. The lowest BCUT2D eigenvalue weighted by Gasteiger charge is -2.27. The highest BCUT2D eigenvalue weighted by atomic mass is 35.5. The Morgan fingerprint density at radius 3 is 2.72 bits per heavy atom. The van der Waals surface area contributed by atoms with Crippen LogP contribution in [-0.2, 0) is 21.4 Å². The third kappa shape index (κ3) is 5.03. The van der Waals surface area contributed by atoms with Crippen LogP contribution in [0.3, 0.4) is 0 Å². The van der Waals surface area contributed by atoms with E-state index in [1.807, 2.05) is 0 Å². The maximum absolute atomic E-state index is 11.8. The molecular formula is C16H23ClN2O4S2. The molecule has 1 fully saturated rings. The number of esters is 1. The van der Waals surface area contributed by atoms with Crippen molar-refractivity contribution in [3.8, 4) is 0 Å². The number of hydrogen-bond acceptors (Lipinski definition) is 5. The van der Waals surface area contributed by atoms with Gasteiger partial charge >= 0.3 is 5.97 Å². The fourth-order valence-corrected chi connectivity index (χ4v) is 5.43. The zero-order valence-electron chi connectivity index (χ0n) is 14.3. The predicted octanol–water partition coefficient (Wildman–Crippen LogP) is 3.56. The Kier molecular flexibility index (Phi) is 7.01. The first-order chi connectivity index (χ1) is 11.8. The Morgan fingerprint density at radius 2 is 2.16 bits per heavy atom. The van der Waals surface area contributed by atoms with Gasteiger partial charge in [-0.1, -0.05) is 30.9 Å².